The summed E-state index contributed by atoms with van der Waals surface area (Å²) in [4.78, 5) is 0. The Bertz CT molecular complexity index is 948. The number of rotatable bonds is 6. The van der Waals surface area contributed by atoms with Gasteiger partial charge < -0.3 is 4.48 Å². The van der Waals surface area contributed by atoms with E-state index in [1.54, 1.807) is 0 Å². The van der Waals surface area contributed by atoms with Gasteiger partial charge in [-0.15, -0.1) is 0 Å². The first-order chi connectivity index (χ1) is 13.3. The van der Waals surface area contributed by atoms with Crippen molar-refractivity contribution in [3.63, 3.8) is 0 Å². The maximum absolute atomic E-state index is 3.47. The van der Waals surface area contributed by atoms with Gasteiger partial charge in [0.15, 0.2) is 0 Å². The van der Waals surface area contributed by atoms with E-state index < -0.39 is 0 Å². The number of hydrogen-bond donors (Lipinski definition) is 0. The molecule has 3 aromatic carbocycles. The van der Waals surface area contributed by atoms with Crippen LogP contribution in [-0.2, 0) is 0 Å². The fourth-order valence-electron chi connectivity index (χ4n) is 3.38. The van der Waals surface area contributed by atoms with Crippen LogP contribution >= 0.6 is 0 Å². The highest BCUT2D eigenvalue weighted by Crippen LogP contribution is 2.17. The molecule has 0 N–H and O–H groups in total. The lowest BCUT2D eigenvalue weighted by molar-refractivity contribution is -0.912. The summed E-state index contributed by atoms with van der Waals surface area (Å²) < 4.78 is 0.987. The minimum atomic E-state index is 0.870. The summed E-state index contributed by atoms with van der Waals surface area (Å²) in [6, 6.07) is 25.3. The Morgan fingerprint density at radius 1 is 0.815 bits per heavy atom. The molecule has 0 aliphatic heterocycles. The van der Waals surface area contributed by atoms with Gasteiger partial charge in [-0.3, -0.25) is 0 Å². The lowest BCUT2D eigenvalue weighted by Crippen LogP contribution is -2.48. The van der Waals surface area contributed by atoms with Gasteiger partial charge in [0.05, 0.1) is 19.6 Å². The predicted octanol–water partition coefficient (Wildman–Crippen LogP) is 5.76. The normalized spacial score (nSPS) is 11.5. The van der Waals surface area contributed by atoms with Crippen LogP contribution in [0.2, 0.25) is 0 Å². The quantitative estimate of drug-likeness (QED) is 0.390. The van der Waals surface area contributed by atoms with Gasteiger partial charge in [0.1, 0.15) is 6.54 Å². The minimum absolute atomic E-state index is 0.870. The smallest absolute Gasteiger partial charge is 0.141 e. The summed E-state index contributed by atoms with van der Waals surface area (Å²) in [6.45, 7) is 8.57. The number of benzene rings is 3. The average Bonchev–Trinajstić information content (AvgIpc) is 2.73. The van der Waals surface area contributed by atoms with Crippen LogP contribution in [-0.4, -0.2) is 30.7 Å². The molecule has 0 bridgehead atoms. The average molecular weight is 355 g/mol. The summed E-state index contributed by atoms with van der Waals surface area (Å²) in [5.41, 5.74) is 2.38. The fourth-order valence-corrected chi connectivity index (χ4v) is 3.38. The fraction of sp³-hybridized carbons (Fsp3) is 0.231. The van der Waals surface area contributed by atoms with E-state index in [0.717, 1.165) is 36.2 Å². The largest absolute Gasteiger partial charge is 0.311 e. The van der Waals surface area contributed by atoms with Crippen molar-refractivity contribution in [2.45, 2.75) is 13.8 Å². The number of likely N-dealkylation sites (N-methyl/N-ethyl adjacent to an activating group) is 1. The topological polar surface area (TPSA) is 0 Å². The van der Waals surface area contributed by atoms with Crippen molar-refractivity contribution >= 4 is 16.8 Å². The lowest BCUT2D eigenvalue weighted by Gasteiger charge is -2.33. The summed E-state index contributed by atoms with van der Waals surface area (Å²) in [7, 11) is 0. The molecule has 0 saturated heterocycles. The second kappa shape index (κ2) is 9.21. The molecular weight excluding hydrogens is 326 g/mol. The van der Waals surface area contributed by atoms with Crippen molar-refractivity contribution in [1.82, 2.24) is 0 Å². The third kappa shape index (κ3) is 4.88. The maximum Gasteiger partial charge on any atom is 0.141 e. The van der Waals surface area contributed by atoms with Gasteiger partial charge in [0.25, 0.3) is 0 Å². The molecule has 0 amide bonds. The molecule has 0 radical (unpaired) electrons. The van der Waals surface area contributed by atoms with E-state index in [0.29, 0.717) is 0 Å². The van der Waals surface area contributed by atoms with Crippen LogP contribution in [0.5, 0.6) is 0 Å². The third-order valence-electron chi connectivity index (χ3n) is 5.37. The zero-order valence-electron chi connectivity index (χ0n) is 16.4. The van der Waals surface area contributed by atoms with Crippen molar-refractivity contribution in [3.05, 3.63) is 90.0 Å². The molecule has 0 aliphatic carbocycles. The molecule has 3 rings (SSSR count). The van der Waals surface area contributed by atoms with Gasteiger partial charge in [-0.2, -0.15) is 0 Å². The zero-order valence-corrected chi connectivity index (χ0v) is 16.4. The number of hydrogen-bond acceptors (Lipinski definition) is 0. The Kier molecular flexibility index (Phi) is 6.47. The van der Waals surface area contributed by atoms with E-state index in [1.807, 2.05) is 0 Å². The molecule has 0 unspecified atom stereocenters. The molecule has 0 saturated carbocycles. The van der Waals surface area contributed by atoms with Crippen molar-refractivity contribution in [2.75, 3.05) is 26.2 Å². The van der Waals surface area contributed by atoms with Crippen LogP contribution in [0.1, 0.15) is 25.0 Å². The first kappa shape index (κ1) is 19.0. The Morgan fingerprint density at radius 3 is 2.30 bits per heavy atom. The van der Waals surface area contributed by atoms with Crippen molar-refractivity contribution in [3.8, 4) is 11.8 Å². The van der Waals surface area contributed by atoms with Gasteiger partial charge in [-0.25, -0.2) is 0 Å². The molecule has 0 aromatic heterocycles. The predicted molar refractivity (Wildman–Crippen MR) is 117 cm³/mol. The van der Waals surface area contributed by atoms with Crippen LogP contribution < -0.4 is 0 Å². The first-order valence-corrected chi connectivity index (χ1v) is 9.79. The van der Waals surface area contributed by atoms with Crippen LogP contribution in [0.3, 0.4) is 0 Å². The second-order valence-electron chi connectivity index (χ2n) is 6.96. The van der Waals surface area contributed by atoms with Crippen LogP contribution in [0.25, 0.3) is 16.8 Å². The Hall–Kier alpha value is -2.82. The zero-order chi connectivity index (χ0) is 19.0. The maximum atomic E-state index is 3.47. The van der Waals surface area contributed by atoms with Gasteiger partial charge in [0.2, 0.25) is 0 Å². The highest BCUT2D eigenvalue weighted by Gasteiger charge is 2.19. The highest BCUT2D eigenvalue weighted by molar-refractivity contribution is 5.88. The Balaban J connectivity index is 1.75. The summed E-state index contributed by atoms with van der Waals surface area (Å²) in [6.07, 6.45) is 4.51. The Morgan fingerprint density at radius 2 is 1.52 bits per heavy atom. The van der Waals surface area contributed by atoms with Gasteiger partial charge >= 0.3 is 0 Å². The molecular formula is C26H28N+. The number of quaternary nitrogens is 1. The van der Waals surface area contributed by atoms with E-state index in [2.05, 4.69) is 111 Å². The molecule has 0 aliphatic rings. The molecule has 0 atom stereocenters. The molecule has 1 heteroatoms. The second-order valence-corrected chi connectivity index (χ2v) is 6.96. The van der Waals surface area contributed by atoms with E-state index in [9.17, 15) is 0 Å². The highest BCUT2D eigenvalue weighted by atomic mass is 15.3. The molecule has 3 aromatic rings. The van der Waals surface area contributed by atoms with Gasteiger partial charge in [-0.1, -0.05) is 78.7 Å². The summed E-state index contributed by atoms with van der Waals surface area (Å²) in [5.74, 6) is 6.90. The molecule has 0 fully saturated rings. The Labute approximate surface area is 163 Å². The van der Waals surface area contributed by atoms with Gasteiger partial charge in [0, 0.05) is 5.56 Å². The van der Waals surface area contributed by atoms with E-state index >= 15 is 0 Å². The van der Waals surface area contributed by atoms with Crippen LogP contribution in [0.15, 0.2) is 78.9 Å². The third-order valence-corrected chi connectivity index (χ3v) is 5.37. The van der Waals surface area contributed by atoms with Crippen LogP contribution in [0.4, 0.5) is 0 Å². The van der Waals surface area contributed by atoms with Crippen molar-refractivity contribution in [2.24, 2.45) is 0 Å². The lowest BCUT2D eigenvalue weighted by atomic mass is 10.1. The minimum Gasteiger partial charge on any atom is -0.311 e. The number of nitrogens with zero attached hydrogens (tertiary/aromatic N) is 1. The SMILES string of the molecule is CC[N+](CC)(CC#Cc1cccc2ccccc12)CC=Cc1ccccc1. The van der Waals surface area contributed by atoms with E-state index in [1.165, 1.54) is 16.3 Å². The number of fused-ring (bicyclic) bond motifs is 1. The molecule has 0 heterocycles. The molecule has 1 nitrogen and oxygen atoms in total. The standard InChI is InChI=1S/C26H28N/c1-3-27(4-2,21-11-15-23-13-6-5-7-14-23)22-12-19-25-18-10-17-24-16-8-9-20-26(24)25/h5-11,13-18,20H,3-4,21-22H2,1-2H3/q+1. The molecule has 27 heavy (non-hydrogen) atoms. The van der Waals surface area contributed by atoms with Crippen molar-refractivity contribution < 1.29 is 4.48 Å². The van der Waals surface area contributed by atoms with E-state index in [4.69, 9.17) is 0 Å². The summed E-state index contributed by atoms with van der Waals surface area (Å²) in [5, 5.41) is 2.49. The molecule has 136 valence electrons. The van der Waals surface area contributed by atoms with Crippen molar-refractivity contribution in [1.29, 1.82) is 0 Å². The first-order valence-electron chi connectivity index (χ1n) is 9.79. The van der Waals surface area contributed by atoms with Crippen LogP contribution in [0, 0.1) is 11.8 Å². The molecule has 0 spiro atoms. The van der Waals surface area contributed by atoms with E-state index in [-0.39, 0.29) is 0 Å². The monoisotopic (exact) mass is 354 g/mol. The summed E-state index contributed by atoms with van der Waals surface area (Å²) >= 11 is 0. The van der Waals surface area contributed by atoms with Gasteiger partial charge in [-0.05, 0) is 48.2 Å².